The standard InChI is InChI=1S/C20H23N3O2.ClH/c21-14-15-7-9-16(10-8-15)19(24)22-18-6-4-5-17(13-18)20(25)23-11-2-1-3-12-23;/h4-10,13H,1-3,11-12,14,21H2,(H,22,24);1H. The molecule has 0 saturated carbocycles. The topological polar surface area (TPSA) is 75.4 Å². The zero-order valence-corrected chi connectivity index (χ0v) is 15.4. The smallest absolute Gasteiger partial charge is 0.255 e. The molecule has 0 unspecified atom stereocenters. The highest BCUT2D eigenvalue weighted by Gasteiger charge is 2.18. The number of carbonyl (C=O) groups excluding carboxylic acids is 2. The van der Waals surface area contributed by atoms with Crippen LogP contribution in [-0.4, -0.2) is 29.8 Å². The third-order valence-electron chi connectivity index (χ3n) is 4.46. The first-order valence-corrected chi connectivity index (χ1v) is 8.67. The van der Waals surface area contributed by atoms with Crippen LogP contribution in [0.1, 0.15) is 45.5 Å². The summed E-state index contributed by atoms with van der Waals surface area (Å²) in [6.07, 6.45) is 3.30. The number of amides is 2. The van der Waals surface area contributed by atoms with Crippen LogP contribution in [0.2, 0.25) is 0 Å². The Labute approximate surface area is 160 Å². The average Bonchev–Trinajstić information content (AvgIpc) is 2.68. The van der Waals surface area contributed by atoms with Gasteiger partial charge >= 0.3 is 0 Å². The fourth-order valence-electron chi connectivity index (χ4n) is 3.01. The van der Waals surface area contributed by atoms with Gasteiger partial charge in [0.1, 0.15) is 0 Å². The first kappa shape index (κ1) is 19.9. The molecule has 1 saturated heterocycles. The van der Waals surface area contributed by atoms with Gasteiger partial charge in [-0.05, 0) is 55.2 Å². The van der Waals surface area contributed by atoms with Gasteiger partial charge in [-0.1, -0.05) is 18.2 Å². The quantitative estimate of drug-likeness (QED) is 0.861. The van der Waals surface area contributed by atoms with Crippen LogP contribution in [0.25, 0.3) is 0 Å². The Balaban J connectivity index is 0.00000243. The largest absolute Gasteiger partial charge is 0.339 e. The number of hydrogen-bond acceptors (Lipinski definition) is 3. The third-order valence-corrected chi connectivity index (χ3v) is 4.46. The van der Waals surface area contributed by atoms with E-state index < -0.39 is 0 Å². The van der Waals surface area contributed by atoms with Crippen molar-refractivity contribution in [1.82, 2.24) is 4.90 Å². The molecule has 0 aromatic heterocycles. The van der Waals surface area contributed by atoms with Crippen LogP contribution >= 0.6 is 12.4 Å². The maximum Gasteiger partial charge on any atom is 0.255 e. The van der Waals surface area contributed by atoms with Crippen molar-refractivity contribution in [3.63, 3.8) is 0 Å². The summed E-state index contributed by atoms with van der Waals surface area (Å²) in [5.41, 5.74) is 8.34. The van der Waals surface area contributed by atoms with Gasteiger partial charge in [-0.2, -0.15) is 0 Å². The lowest BCUT2D eigenvalue weighted by Crippen LogP contribution is -2.35. The number of rotatable bonds is 4. The lowest BCUT2D eigenvalue weighted by molar-refractivity contribution is 0.0724. The number of nitrogens with zero attached hydrogens (tertiary/aromatic N) is 1. The van der Waals surface area contributed by atoms with Gasteiger partial charge in [0.05, 0.1) is 0 Å². The molecule has 26 heavy (non-hydrogen) atoms. The second-order valence-electron chi connectivity index (χ2n) is 6.29. The van der Waals surface area contributed by atoms with Gasteiger partial charge in [0.15, 0.2) is 0 Å². The number of nitrogens with one attached hydrogen (secondary N) is 1. The van der Waals surface area contributed by atoms with E-state index in [1.807, 2.05) is 17.0 Å². The van der Waals surface area contributed by atoms with E-state index in [0.717, 1.165) is 31.5 Å². The Bertz CT molecular complexity index is 756. The van der Waals surface area contributed by atoms with Crippen LogP contribution in [0.3, 0.4) is 0 Å². The molecule has 3 rings (SSSR count). The Kier molecular flexibility index (Phi) is 7.18. The second kappa shape index (κ2) is 9.36. The van der Waals surface area contributed by atoms with Gasteiger partial charge in [0.2, 0.25) is 0 Å². The van der Waals surface area contributed by atoms with E-state index >= 15 is 0 Å². The van der Waals surface area contributed by atoms with Crippen molar-refractivity contribution in [1.29, 1.82) is 0 Å². The number of piperidine rings is 1. The van der Waals surface area contributed by atoms with E-state index in [2.05, 4.69) is 5.32 Å². The van der Waals surface area contributed by atoms with Gasteiger partial charge < -0.3 is 16.0 Å². The van der Waals surface area contributed by atoms with E-state index in [1.54, 1.807) is 36.4 Å². The number of benzene rings is 2. The molecule has 0 radical (unpaired) electrons. The van der Waals surface area contributed by atoms with Crippen LogP contribution < -0.4 is 11.1 Å². The molecule has 1 aliphatic rings. The van der Waals surface area contributed by atoms with Crippen molar-refractivity contribution in [2.75, 3.05) is 18.4 Å². The summed E-state index contributed by atoms with van der Waals surface area (Å²) in [4.78, 5) is 26.8. The van der Waals surface area contributed by atoms with Crippen LogP contribution in [0.15, 0.2) is 48.5 Å². The van der Waals surface area contributed by atoms with E-state index in [4.69, 9.17) is 5.73 Å². The van der Waals surface area contributed by atoms with E-state index in [0.29, 0.717) is 23.4 Å². The Morgan fingerprint density at radius 2 is 1.65 bits per heavy atom. The van der Waals surface area contributed by atoms with Crippen LogP contribution in [0.5, 0.6) is 0 Å². The molecule has 2 aromatic rings. The van der Waals surface area contributed by atoms with Crippen molar-refractivity contribution in [2.24, 2.45) is 5.73 Å². The zero-order chi connectivity index (χ0) is 17.6. The first-order chi connectivity index (χ1) is 12.2. The van der Waals surface area contributed by atoms with Gasteiger partial charge in [-0.3, -0.25) is 9.59 Å². The number of anilines is 1. The highest BCUT2D eigenvalue weighted by Crippen LogP contribution is 2.17. The summed E-state index contributed by atoms with van der Waals surface area (Å²) in [5, 5.41) is 2.85. The highest BCUT2D eigenvalue weighted by atomic mass is 35.5. The molecule has 0 atom stereocenters. The van der Waals surface area contributed by atoms with Crippen molar-refractivity contribution in [3.8, 4) is 0 Å². The lowest BCUT2D eigenvalue weighted by Gasteiger charge is -2.26. The summed E-state index contributed by atoms with van der Waals surface area (Å²) in [7, 11) is 0. The molecule has 0 aliphatic carbocycles. The highest BCUT2D eigenvalue weighted by molar-refractivity contribution is 6.05. The Morgan fingerprint density at radius 3 is 2.31 bits per heavy atom. The molecule has 1 aliphatic heterocycles. The molecule has 1 heterocycles. The molecule has 2 aromatic carbocycles. The van der Waals surface area contributed by atoms with Crippen molar-refractivity contribution in [3.05, 3.63) is 65.2 Å². The molecule has 3 N–H and O–H groups in total. The SMILES string of the molecule is Cl.NCc1ccc(C(=O)Nc2cccc(C(=O)N3CCCCC3)c2)cc1. The van der Waals surface area contributed by atoms with Gasteiger partial charge in [-0.15, -0.1) is 12.4 Å². The minimum atomic E-state index is -0.203. The minimum absolute atomic E-state index is 0. The maximum absolute atomic E-state index is 12.6. The van der Waals surface area contributed by atoms with Crippen LogP contribution in [0.4, 0.5) is 5.69 Å². The predicted octanol–water partition coefficient (Wildman–Crippen LogP) is 3.45. The maximum atomic E-state index is 12.6. The predicted molar refractivity (Wildman–Crippen MR) is 106 cm³/mol. The molecular formula is C20H24ClN3O2. The lowest BCUT2D eigenvalue weighted by atomic mass is 10.1. The fourth-order valence-corrected chi connectivity index (χ4v) is 3.01. The summed E-state index contributed by atoms with van der Waals surface area (Å²) in [5.74, 6) is -0.172. The first-order valence-electron chi connectivity index (χ1n) is 8.67. The monoisotopic (exact) mass is 373 g/mol. The third kappa shape index (κ3) is 4.84. The van der Waals surface area contributed by atoms with E-state index in [9.17, 15) is 9.59 Å². The summed E-state index contributed by atoms with van der Waals surface area (Å²) < 4.78 is 0. The summed E-state index contributed by atoms with van der Waals surface area (Å²) >= 11 is 0. The molecule has 138 valence electrons. The summed E-state index contributed by atoms with van der Waals surface area (Å²) in [6, 6.07) is 14.3. The van der Waals surface area contributed by atoms with Gasteiger partial charge in [0.25, 0.3) is 11.8 Å². The Morgan fingerprint density at radius 1 is 0.962 bits per heavy atom. The van der Waals surface area contributed by atoms with Crippen LogP contribution in [-0.2, 0) is 6.54 Å². The van der Waals surface area contributed by atoms with Crippen molar-refractivity contribution >= 4 is 29.9 Å². The number of nitrogens with two attached hydrogens (primary N) is 1. The fraction of sp³-hybridized carbons (Fsp3) is 0.300. The van der Waals surface area contributed by atoms with Crippen molar-refractivity contribution in [2.45, 2.75) is 25.8 Å². The summed E-state index contributed by atoms with van der Waals surface area (Å²) in [6.45, 7) is 2.06. The minimum Gasteiger partial charge on any atom is -0.339 e. The molecule has 6 heteroatoms. The Hall–Kier alpha value is -2.37. The zero-order valence-electron chi connectivity index (χ0n) is 14.6. The molecular weight excluding hydrogens is 350 g/mol. The van der Waals surface area contributed by atoms with Crippen molar-refractivity contribution < 1.29 is 9.59 Å². The average molecular weight is 374 g/mol. The molecule has 0 bridgehead atoms. The number of halogens is 1. The van der Waals surface area contributed by atoms with E-state index in [-0.39, 0.29) is 24.2 Å². The van der Waals surface area contributed by atoms with Crippen LogP contribution in [0, 0.1) is 0 Å². The number of hydrogen-bond donors (Lipinski definition) is 2. The normalized spacial score (nSPS) is 13.7. The molecule has 1 fully saturated rings. The molecule has 2 amide bonds. The molecule has 5 nitrogen and oxygen atoms in total. The van der Waals surface area contributed by atoms with Gasteiger partial charge in [0, 0.05) is 36.4 Å². The number of carbonyl (C=O) groups is 2. The number of likely N-dealkylation sites (tertiary alicyclic amines) is 1. The second-order valence-corrected chi connectivity index (χ2v) is 6.29. The van der Waals surface area contributed by atoms with E-state index in [1.165, 1.54) is 6.42 Å². The van der Waals surface area contributed by atoms with Gasteiger partial charge in [-0.25, -0.2) is 0 Å². The molecule has 0 spiro atoms.